The number of anilines is 1. The van der Waals surface area contributed by atoms with Crippen molar-refractivity contribution in [1.29, 1.82) is 0 Å². The normalized spacial score (nSPS) is 11.5. The average Bonchev–Trinajstić information content (AvgIpc) is 2.62. The van der Waals surface area contributed by atoms with Gasteiger partial charge in [0.25, 0.3) is 10.0 Å². The van der Waals surface area contributed by atoms with Crippen LogP contribution in [0.15, 0.2) is 22.4 Å². The van der Waals surface area contributed by atoms with Gasteiger partial charge in [0.05, 0.1) is 4.34 Å². The zero-order valence-corrected chi connectivity index (χ0v) is 12.2. The second-order valence-electron chi connectivity index (χ2n) is 3.32. The highest BCUT2D eigenvalue weighted by Gasteiger charge is 2.18. The van der Waals surface area contributed by atoms with Gasteiger partial charge in [0, 0.05) is 5.69 Å². The van der Waals surface area contributed by atoms with Gasteiger partial charge < -0.3 is 0 Å². The minimum absolute atomic E-state index is 0.0653. The first-order valence-electron chi connectivity index (χ1n) is 4.66. The predicted molar refractivity (Wildman–Crippen MR) is 71.9 cm³/mol. The predicted octanol–water partition coefficient (Wildman–Crippen LogP) is 2.95. The Kier molecular flexibility index (Phi) is 3.76. The number of halogens is 2. The Morgan fingerprint density at radius 3 is 2.56 bits per heavy atom. The van der Waals surface area contributed by atoms with Gasteiger partial charge in [-0.25, -0.2) is 23.1 Å². The van der Waals surface area contributed by atoms with Crippen molar-refractivity contribution in [2.24, 2.45) is 0 Å². The second kappa shape index (κ2) is 5.00. The van der Waals surface area contributed by atoms with Crippen molar-refractivity contribution >= 4 is 50.5 Å². The molecule has 96 valence electrons. The van der Waals surface area contributed by atoms with Crippen LogP contribution >= 0.6 is 34.5 Å². The van der Waals surface area contributed by atoms with Gasteiger partial charge in [-0.3, -0.25) is 0 Å². The fourth-order valence-corrected chi connectivity index (χ4v) is 3.85. The molecule has 2 aromatic rings. The van der Waals surface area contributed by atoms with Gasteiger partial charge in [0.2, 0.25) is 5.95 Å². The Balaban J connectivity index is 2.33. The second-order valence-corrected chi connectivity index (χ2v) is 7.33. The first-order valence-corrected chi connectivity index (χ1v) is 7.72. The molecule has 0 fully saturated rings. The fraction of sp³-hybridized carbons (Fsp3) is 0.111. The van der Waals surface area contributed by atoms with E-state index >= 15 is 0 Å². The first-order chi connectivity index (χ1) is 8.37. The van der Waals surface area contributed by atoms with Crippen LogP contribution in [0.25, 0.3) is 0 Å². The minimum atomic E-state index is -3.73. The molecule has 0 bridgehead atoms. The Morgan fingerprint density at radius 1 is 1.28 bits per heavy atom. The van der Waals surface area contributed by atoms with E-state index in [1.807, 2.05) is 0 Å². The molecule has 9 heteroatoms. The summed E-state index contributed by atoms with van der Waals surface area (Å²) < 4.78 is 26.6. The molecule has 0 aliphatic carbocycles. The van der Waals surface area contributed by atoms with Gasteiger partial charge in [0.15, 0.2) is 0 Å². The molecule has 0 spiro atoms. The Labute approximate surface area is 118 Å². The van der Waals surface area contributed by atoms with E-state index in [-0.39, 0.29) is 15.3 Å². The number of hydrogen-bond donors (Lipinski definition) is 1. The minimum Gasteiger partial charge on any atom is -0.246 e. The molecule has 0 radical (unpaired) electrons. The highest BCUT2D eigenvalue weighted by Crippen LogP contribution is 2.26. The number of aromatic nitrogens is 2. The van der Waals surface area contributed by atoms with E-state index in [9.17, 15) is 8.42 Å². The van der Waals surface area contributed by atoms with Crippen LogP contribution in [-0.4, -0.2) is 18.4 Å². The van der Waals surface area contributed by atoms with Gasteiger partial charge in [0.1, 0.15) is 9.36 Å². The van der Waals surface area contributed by atoms with Crippen LogP contribution in [0.3, 0.4) is 0 Å². The lowest BCUT2D eigenvalue weighted by atomic mass is 10.5. The van der Waals surface area contributed by atoms with E-state index in [0.29, 0.717) is 10.0 Å². The summed E-state index contributed by atoms with van der Waals surface area (Å²) in [6.07, 6.45) is 0. The summed E-state index contributed by atoms with van der Waals surface area (Å²) >= 11 is 12.4. The smallest absolute Gasteiger partial charge is 0.246 e. The summed E-state index contributed by atoms with van der Waals surface area (Å²) in [7, 11) is -3.73. The summed E-state index contributed by atoms with van der Waals surface area (Å²) in [6, 6.07) is 4.44. The molecule has 0 saturated heterocycles. The SMILES string of the molecule is Cc1cc(Cl)nc(NS(=O)(=O)c2ccc(Cl)s2)n1. The first kappa shape index (κ1) is 13.5. The summed E-state index contributed by atoms with van der Waals surface area (Å²) in [5.41, 5.74) is 0.567. The molecule has 0 aromatic carbocycles. The Bertz CT molecular complexity index is 665. The largest absolute Gasteiger partial charge is 0.273 e. The van der Waals surface area contributed by atoms with Crippen LogP contribution in [0.5, 0.6) is 0 Å². The van der Waals surface area contributed by atoms with E-state index in [0.717, 1.165) is 11.3 Å². The summed E-state index contributed by atoms with van der Waals surface area (Å²) in [4.78, 5) is 7.72. The highest BCUT2D eigenvalue weighted by molar-refractivity contribution is 7.94. The van der Waals surface area contributed by atoms with Crippen LogP contribution in [0, 0.1) is 6.92 Å². The molecule has 2 aromatic heterocycles. The van der Waals surface area contributed by atoms with E-state index in [1.165, 1.54) is 18.2 Å². The van der Waals surface area contributed by atoms with Crippen molar-refractivity contribution in [3.05, 3.63) is 33.4 Å². The monoisotopic (exact) mass is 323 g/mol. The van der Waals surface area contributed by atoms with Crippen molar-refractivity contribution in [3.63, 3.8) is 0 Å². The van der Waals surface area contributed by atoms with Crippen molar-refractivity contribution < 1.29 is 8.42 Å². The van der Waals surface area contributed by atoms with Gasteiger partial charge >= 0.3 is 0 Å². The average molecular weight is 324 g/mol. The molecular formula is C9H7Cl2N3O2S2. The summed E-state index contributed by atoms with van der Waals surface area (Å²) in [5.74, 6) is -0.0653. The lowest BCUT2D eigenvalue weighted by Crippen LogP contribution is -2.14. The number of hydrogen-bond acceptors (Lipinski definition) is 5. The van der Waals surface area contributed by atoms with Crippen molar-refractivity contribution in [3.8, 4) is 0 Å². The van der Waals surface area contributed by atoms with Crippen molar-refractivity contribution in [2.75, 3.05) is 4.72 Å². The third kappa shape index (κ3) is 3.11. The van der Waals surface area contributed by atoms with Crippen molar-refractivity contribution in [1.82, 2.24) is 9.97 Å². The molecule has 0 atom stereocenters. The zero-order chi connectivity index (χ0) is 13.3. The van der Waals surface area contributed by atoms with Crippen LogP contribution in [0.4, 0.5) is 5.95 Å². The maximum Gasteiger partial charge on any atom is 0.273 e. The number of nitrogens with zero attached hydrogens (tertiary/aromatic N) is 2. The van der Waals surface area contributed by atoms with Crippen LogP contribution in [0.2, 0.25) is 9.49 Å². The van der Waals surface area contributed by atoms with Gasteiger partial charge in [-0.2, -0.15) is 0 Å². The molecule has 2 rings (SSSR count). The van der Waals surface area contributed by atoms with E-state index < -0.39 is 10.0 Å². The van der Waals surface area contributed by atoms with E-state index in [1.54, 1.807) is 6.92 Å². The number of aryl methyl sites for hydroxylation is 1. The zero-order valence-electron chi connectivity index (χ0n) is 9.02. The standard InChI is InChI=1S/C9H7Cl2N3O2S2/c1-5-4-6(10)13-9(12-5)14-18(15,16)8-3-2-7(11)17-8/h2-4H,1H3,(H,12,13,14). The van der Waals surface area contributed by atoms with Crippen LogP contribution < -0.4 is 4.72 Å². The molecule has 5 nitrogen and oxygen atoms in total. The molecule has 1 N–H and O–H groups in total. The summed E-state index contributed by atoms with van der Waals surface area (Å²) in [6.45, 7) is 1.69. The van der Waals surface area contributed by atoms with E-state index in [4.69, 9.17) is 23.2 Å². The Morgan fingerprint density at radius 2 is 2.00 bits per heavy atom. The molecule has 0 aliphatic rings. The molecule has 0 unspecified atom stereocenters. The number of rotatable bonds is 3. The highest BCUT2D eigenvalue weighted by atomic mass is 35.5. The maximum absolute atomic E-state index is 12.0. The lowest BCUT2D eigenvalue weighted by molar-refractivity contribution is 0.602. The molecular weight excluding hydrogens is 317 g/mol. The summed E-state index contributed by atoms with van der Waals surface area (Å²) in [5, 5.41) is 0.171. The third-order valence-corrected chi connectivity index (χ3v) is 5.11. The van der Waals surface area contributed by atoms with Crippen LogP contribution in [-0.2, 0) is 10.0 Å². The van der Waals surface area contributed by atoms with Crippen molar-refractivity contribution in [2.45, 2.75) is 11.1 Å². The topological polar surface area (TPSA) is 72.0 Å². The van der Waals surface area contributed by atoms with Gasteiger partial charge in [-0.05, 0) is 25.1 Å². The molecule has 0 saturated carbocycles. The van der Waals surface area contributed by atoms with Gasteiger partial charge in [-0.1, -0.05) is 23.2 Å². The molecule has 0 amide bonds. The Hall–Kier alpha value is -0.890. The lowest BCUT2D eigenvalue weighted by Gasteiger charge is -2.05. The number of thiophene rings is 1. The molecule has 18 heavy (non-hydrogen) atoms. The molecule has 0 aliphatic heterocycles. The maximum atomic E-state index is 12.0. The number of nitrogens with one attached hydrogen (secondary N) is 1. The number of sulfonamides is 1. The molecule has 2 heterocycles. The van der Waals surface area contributed by atoms with E-state index in [2.05, 4.69) is 14.7 Å². The quantitative estimate of drug-likeness (QED) is 0.881. The fourth-order valence-electron chi connectivity index (χ4n) is 1.19. The third-order valence-electron chi connectivity index (χ3n) is 1.86. The van der Waals surface area contributed by atoms with Crippen LogP contribution in [0.1, 0.15) is 5.69 Å². The van der Waals surface area contributed by atoms with Gasteiger partial charge in [-0.15, -0.1) is 11.3 Å².